The molecule has 0 aromatic heterocycles. The molecule has 0 aliphatic rings. The topological polar surface area (TPSA) is 67.0 Å². The summed E-state index contributed by atoms with van der Waals surface area (Å²) in [4.78, 5) is 9.61. The van der Waals surface area contributed by atoms with Crippen molar-refractivity contribution >= 4 is 22.5 Å². The van der Waals surface area contributed by atoms with Gasteiger partial charge in [0, 0.05) is 0 Å². The van der Waals surface area contributed by atoms with Crippen molar-refractivity contribution in [3.05, 3.63) is 0 Å². The van der Waals surface area contributed by atoms with Crippen molar-refractivity contribution in [3.8, 4) is 6.07 Å². The van der Waals surface area contributed by atoms with E-state index in [4.69, 9.17) is 26.5 Å². The summed E-state index contributed by atoms with van der Waals surface area (Å²) in [5.74, 6) is 0. The zero-order valence-corrected chi connectivity index (χ0v) is 9.62. The van der Waals surface area contributed by atoms with E-state index in [1.54, 1.807) is 6.07 Å². The fourth-order valence-corrected chi connectivity index (χ4v) is 0.668. The van der Waals surface area contributed by atoms with Crippen LogP contribution in [0.2, 0.25) is 0 Å². The first-order valence-corrected chi connectivity index (χ1v) is 5.09. The van der Waals surface area contributed by atoms with E-state index in [0.29, 0.717) is 13.2 Å². The van der Waals surface area contributed by atoms with Gasteiger partial charge < -0.3 is 9.68 Å². The lowest BCUT2D eigenvalue weighted by Crippen LogP contribution is -2.07. The van der Waals surface area contributed by atoms with Crippen molar-refractivity contribution in [2.24, 2.45) is 10.3 Å². The quantitative estimate of drug-likeness (QED) is 0.384. The van der Waals surface area contributed by atoms with E-state index in [9.17, 15) is 0 Å². The number of nitrogens with zero attached hydrogens (tertiary/aromatic N) is 3. The summed E-state index contributed by atoms with van der Waals surface area (Å²) in [6.07, 6.45) is 1.63. The van der Waals surface area contributed by atoms with Gasteiger partial charge in [-0.05, 0) is 12.8 Å². The van der Waals surface area contributed by atoms with Crippen LogP contribution in [0.4, 0.5) is 0 Å². The summed E-state index contributed by atoms with van der Waals surface area (Å²) >= 11 is 5.65. The van der Waals surface area contributed by atoms with Crippen LogP contribution in [0.25, 0.3) is 0 Å². The summed E-state index contributed by atoms with van der Waals surface area (Å²) in [5.41, 5.74) is -0.0822. The van der Waals surface area contributed by atoms with Crippen LogP contribution in [0.5, 0.6) is 0 Å². The van der Waals surface area contributed by atoms with Gasteiger partial charge in [0.05, 0.1) is 0 Å². The Morgan fingerprint density at radius 2 is 1.73 bits per heavy atom. The highest BCUT2D eigenvalue weighted by Gasteiger charge is 2.06. The summed E-state index contributed by atoms with van der Waals surface area (Å²) in [7, 11) is 0. The maximum atomic E-state index is 8.67. The van der Waals surface area contributed by atoms with E-state index < -0.39 is 0 Å². The molecule has 6 heteroatoms. The second-order valence-corrected chi connectivity index (χ2v) is 2.96. The number of rotatable bonds is 7. The molecule has 5 nitrogen and oxygen atoms in total. The largest absolute Gasteiger partial charge is 0.395 e. The fraction of sp³-hybridized carbons (Fsp3) is 0.667. The van der Waals surface area contributed by atoms with Crippen LogP contribution in [0, 0.1) is 11.3 Å². The fourth-order valence-electron chi connectivity index (χ4n) is 0.543. The Morgan fingerprint density at radius 3 is 2.20 bits per heavy atom. The highest BCUT2D eigenvalue weighted by atomic mass is 35.5. The van der Waals surface area contributed by atoms with Crippen LogP contribution >= 0.6 is 11.6 Å². The van der Waals surface area contributed by atoms with E-state index in [1.807, 2.05) is 13.8 Å². The summed E-state index contributed by atoms with van der Waals surface area (Å²) in [5, 5.41) is 15.6. The van der Waals surface area contributed by atoms with Gasteiger partial charge >= 0.3 is 0 Å². The van der Waals surface area contributed by atoms with E-state index in [1.165, 1.54) is 0 Å². The van der Waals surface area contributed by atoms with Gasteiger partial charge in [-0.1, -0.05) is 35.8 Å². The smallest absolute Gasteiger partial charge is 0.220 e. The minimum Gasteiger partial charge on any atom is -0.395 e. The zero-order valence-electron chi connectivity index (χ0n) is 8.86. The molecule has 0 saturated carbocycles. The Labute approximate surface area is 94.3 Å². The SMILES string of the molecule is CCCO/N=C(C#N)\C(Cl)=N/OCCC. The van der Waals surface area contributed by atoms with E-state index >= 15 is 0 Å². The first kappa shape index (κ1) is 13.7. The van der Waals surface area contributed by atoms with Crippen molar-refractivity contribution in [2.45, 2.75) is 26.7 Å². The third-order valence-corrected chi connectivity index (χ3v) is 1.44. The lowest BCUT2D eigenvalue weighted by Gasteiger charge is -1.97. The first-order chi connectivity index (χ1) is 7.26. The van der Waals surface area contributed by atoms with Gasteiger partial charge in [0.25, 0.3) is 0 Å². The maximum Gasteiger partial charge on any atom is 0.220 e. The van der Waals surface area contributed by atoms with Crippen LogP contribution < -0.4 is 0 Å². The Kier molecular flexibility index (Phi) is 8.49. The molecule has 0 unspecified atom stereocenters. The molecule has 0 atom stereocenters. The third-order valence-electron chi connectivity index (χ3n) is 1.19. The van der Waals surface area contributed by atoms with Crippen LogP contribution in [-0.4, -0.2) is 24.1 Å². The third kappa shape index (κ3) is 6.75. The molecule has 0 amide bonds. The lowest BCUT2D eigenvalue weighted by atomic mass is 10.4. The van der Waals surface area contributed by atoms with Crippen molar-refractivity contribution in [1.29, 1.82) is 5.26 Å². The molecular formula is C9H14ClN3O2. The summed E-state index contributed by atoms with van der Waals surface area (Å²) in [6.45, 7) is 4.75. The first-order valence-electron chi connectivity index (χ1n) is 4.72. The van der Waals surface area contributed by atoms with Crippen molar-refractivity contribution in [1.82, 2.24) is 0 Å². The minimum atomic E-state index is -0.0953. The molecule has 0 radical (unpaired) electrons. The van der Waals surface area contributed by atoms with E-state index in [-0.39, 0.29) is 10.9 Å². The minimum absolute atomic E-state index is 0.0822. The molecule has 0 aromatic carbocycles. The number of hydrogen-bond donors (Lipinski definition) is 0. The molecule has 0 aliphatic heterocycles. The Hall–Kier alpha value is -1.28. The molecule has 15 heavy (non-hydrogen) atoms. The Bertz CT molecular complexity index is 271. The Morgan fingerprint density at radius 1 is 1.20 bits per heavy atom. The van der Waals surface area contributed by atoms with Gasteiger partial charge in [0.1, 0.15) is 19.3 Å². The second kappa shape index (κ2) is 9.28. The summed E-state index contributed by atoms with van der Waals surface area (Å²) in [6, 6.07) is 1.77. The van der Waals surface area contributed by atoms with Crippen LogP contribution in [0.3, 0.4) is 0 Å². The zero-order chi connectivity index (χ0) is 11.5. The van der Waals surface area contributed by atoms with Gasteiger partial charge in [0.15, 0.2) is 0 Å². The molecule has 0 saturated heterocycles. The van der Waals surface area contributed by atoms with Crippen LogP contribution in [0.1, 0.15) is 26.7 Å². The van der Waals surface area contributed by atoms with Crippen LogP contribution in [-0.2, 0) is 9.68 Å². The van der Waals surface area contributed by atoms with Crippen molar-refractivity contribution in [2.75, 3.05) is 13.2 Å². The standard InChI is InChI=1S/C9H14ClN3O2/c1-3-5-14-12-8(7-11)9(10)13-15-6-4-2/h3-6H2,1-2H3/b12-8-,13-9+. The van der Waals surface area contributed by atoms with Gasteiger partial charge in [0.2, 0.25) is 10.9 Å². The van der Waals surface area contributed by atoms with Gasteiger partial charge in [-0.15, -0.1) is 0 Å². The lowest BCUT2D eigenvalue weighted by molar-refractivity contribution is 0.143. The number of hydrogen-bond acceptors (Lipinski definition) is 5. The van der Waals surface area contributed by atoms with Crippen molar-refractivity contribution in [3.63, 3.8) is 0 Å². The number of nitriles is 1. The van der Waals surface area contributed by atoms with Crippen LogP contribution in [0.15, 0.2) is 10.3 Å². The molecule has 0 aliphatic carbocycles. The van der Waals surface area contributed by atoms with E-state index in [0.717, 1.165) is 12.8 Å². The average Bonchev–Trinajstić information content (AvgIpc) is 2.24. The number of oxime groups is 2. The molecule has 0 bridgehead atoms. The highest BCUT2D eigenvalue weighted by Crippen LogP contribution is 1.95. The highest BCUT2D eigenvalue weighted by molar-refractivity contribution is 6.85. The van der Waals surface area contributed by atoms with E-state index in [2.05, 4.69) is 10.3 Å². The van der Waals surface area contributed by atoms with Gasteiger partial charge in [-0.25, -0.2) is 0 Å². The van der Waals surface area contributed by atoms with Gasteiger partial charge in [-0.3, -0.25) is 0 Å². The maximum absolute atomic E-state index is 8.67. The molecular weight excluding hydrogens is 218 g/mol. The monoisotopic (exact) mass is 231 g/mol. The molecule has 0 rings (SSSR count). The molecule has 84 valence electrons. The summed E-state index contributed by atoms with van der Waals surface area (Å²) < 4.78 is 0. The molecule has 0 N–H and O–H groups in total. The normalized spacial score (nSPS) is 12.1. The molecule has 0 spiro atoms. The predicted octanol–water partition coefficient (Wildman–Crippen LogP) is 2.27. The average molecular weight is 232 g/mol. The molecule has 0 fully saturated rings. The predicted molar refractivity (Wildman–Crippen MR) is 58.8 cm³/mol. The second-order valence-electron chi connectivity index (χ2n) is 2.60. The molecule has 0 heterocycles. The Balaban J connectivity index is 4.21. The van der Waals surface area contributed by atoms with Crippen molar-refractivity contribution < 1.29 is 9.68 Å². The number of halogens is 1. The van der Waals surface area contributed by atoms with Gasteiger partial charge in [-0.2, -0.15) is 5.26 Å². The molecule has 0 aromatic rings.